The van der Waals surface area contributed by atoms with Gasteiger partial charge in [0.05, 0.1) is 18.4 Å². The van der Waals surface area contributed by atoms with Gasteiger partial charge in [0.25, 0.3) is 0 Å². The van der Waals surface area contributed by atoms with E-state index >= 15 is 0 Å². The highest BCUT2D eigenvalue weighted by molar-refractivity contribution is 7.99. The smallest absolute Gasteiger partial charge is 0.212 e. The van der Waals surface area contributed by atoms with Gasteiger partial charge >= 0.3 is 0 Å². The number of ether oxygens (including phenoxy) is 2. The second kappa shape index (κ2) is 8.04. The summed E-state index contributed by atoms with van der Waals surface area (Å²) < 4.78 is 13.2. The maximum atomic E-state index is 5.88. The van der Waals surface area contributed by atoms with Crippen LogP contribution in [0.15, 0.2) is 89.1 Å². The summed E-state index contributed by atoms with van der Waals surface area (Å²) in [5, 5.41) is 14.2. The number of fused-ring (bicyclic) bond motifs is 1. The first-order valence-corrected chi connectivity index (χ1v) is 10.4. The summed E-state index contributed by atoms with van der Waals surface area (Å²) in [6, 6.07) is 25.4. The first-order valence-electron chi connectivity index (χ1n) is 9.44. The number of thioether (sulfide) groups is 1. The van der Waals surface area contributed by atoms with Gasteiger partial charge in [0.15, 0.2) is 5.82 Å². The Hall–Kier alpha value is -3.58. The molecule has 5 rings (SSSR count). The van der Waals surface area contributed by atoms with Crippen molar-refractivity contribution in [2.75, 3.05) is 12.9 Å². The van der Waals surface area contributed by atoms with Crippen LogP contribution in [0, 0.1) is 0 Å². The van der Waals surface area contributed by atoms with Crippen molar-refractivity contribution in [3.05, 3.63) is 84.4 Å². The summed E-state index contributed by atoms with van der Waals surface area (Å²) in [5.41, 5.74) is 2.85. The Kier molecular flexibility index (Phi) is 4.94. The van der Waals surface area contributed by atoms with Gasteiger partial charge in [-0.1, -0.05) is 42.1 Å². The maximum absolute atomic E-state index is 5.88. The van der Waals surface area contributed by atoms with Crippen LogP contribution >= 0.6 is 11.8 Å². The lowest BCUT2D eigenvalue weighted by Gasteiger charge is -2.15. The molecule has 0 N–H and O–H groups in total. The van der Waals surface area contributed by atoms with E-state index in [4.69, 9.17) is 14.6 Å². The topological polar surface area (TPSA) is 61.5 Å². The highest BCUT2D eigenvalue weighted by atomic mass is 32.2. The first kappa shape index (κ1) is 18.4. The third-order valence-electron chi connectivity index (χ3n) is 4.69. The normalized spacial score (nSPS) is 12.8. The van der Waals surface area contributed by atoms with Gasteiger partial charge in [-0.05, 0) is 54.1 Å². The Morgan fingerprint density at radius 3 is 2.37 bits per heavy atom. The molecule has 0 saturated carbocycles. The van der Waals surface area contributed by atoms with Crippen molar-refractivity contribution in [3.63, 3.8) is 0 Å². The van der Waals surface area contributed by atoms with Gasteiger partial charge in [0, 0.05) is 5.75 Å². The Balaban J connectivity index is 1.45. The van der Waals surface area contributed by atoms with E-state index in [1.165, 1.54) is 0 Å². The van der Waals surface area contributed by atoms with Crippen molar-refractivity contribution < 1.29 is 9.47 Å². The number of hydrogen-bond donors (Lipinski definition) is 0. The minimum Gasteiger partial charge on any atom is -0.496 e. The zero-order valence-electron chi connectivity index (χ0n) is 16.2. The van der Waals surface area contributed by atoms with Crippen molar-refractivity contribution in [2.45, 2.75) is 5.16 Å². The second-order valence-electron chi connectivity index (χ2n) is 6.59. The summed E-state index contributed by atoms with van der Waals surface area (Å²) in [6.07, 6.45) is 0. The molecule has 0 fully saturated rings. The molecule has 6 nitrogen and oxygen atoms in total. The SMILES string of the molecule is COc1ccccc1-c1nnc2n1N=C(c1ccc(Oc3ccccc3)cc1)CS2. The van der Waals surface area contributed by atoms with Gasteiger partial charge in [-0.2, -0.15) is 9.78 Å². The molecule has 1 aliphatic rings. The highest BCUT2D eigenvalue weighted by Gasteiger charge is 2.22. The average Bonchev–Trinajstić information content (AvgIpc) is 3.23. The van der Waals surface area contributed by atoms with Gasteiger partial charge in [-0.3, -0.25) is 0 Å². The molecule has 0 aliphatic carbocycles. The van der Waals surface area contributed by atoms with Gasteiger partial charge in [0.2, 0.25) is 5.16 Å². The number of methoxy groups -OCH3 is 1. The minimum atomic E-state index is 0.663. The van der Waals surface area contributed by atoms with Crippen LogP contribution in [0.5, 0.6) is 17.2 Å². The fourth-order valence-corrected chi connectivity index (χ4v) is 4.04. The van der Waals surface area contributed by atoms with Crippen LogP contribution in [-0.2, 0) is 0 Å². The van der Waals surface area contributed by atoms with Crippen molar-refractivity contribution >= 4 is 17.5 Å². The van der Waals surface area contributed by atoms with Crippen molar-refractivity contribution in [3.8, 4) is 28.6 Å². The van der Waals surface area contributed by atoms with Gasteiger partial charge < -0.3 is 9.47 Å². The predicted octanol–water partition coefficient (Wildman–Crippen LogP) is 5.10. The molecular formula is C23H18N4O2S. The summed E-state index contributed by atoms with van der Waals surface area (Å²) in [4.78, 5) is 0. The van der Waals surface area contributed by atoms with Crippen LogP contribution in [0.4, 0.5) is 0 Å². The zero-order chi connectivity index (χ0) is 20.3. The lowest BCUT2D eigenvalue weighted by Crippen LogP contribution is -2.13. The average molecular weight is 414 g/mol. The van der Waals surface area contributed by atoms with Crippen LogP contribution in [0.25, 0.3) is 11.4 Å². The van der Waals surface area contributed by atoms with Crippen molar-refractivity contribution in [2.24, 2.45) is 5.10 Å². The fraction of sp³-hybridized carbons (Fsp3) is 0.0870. The first-order chi connectivity index (χ1) is 14.8. The third-order valence-corrected chi connectivity index (χ3v) is 5.62. The van der Waals surface area contributed by atoms with Crippen LogP contribution in [0.3, 0.4) is 0 Å². The number of hydrogen-bond acceptors (Lipinski definition) is 6. The number of rotatable bonds is 5. The largest absolute Gasteiger partial charge is 0.496 e. The number of para-hydroxylation sites is 2. The molecule has 2 heterocycles. The molecular weight excluding hydrogens is 396 g/mol. The van der Waals surface area contributed by atoms with E-state index < -0.39 is 0 Å². The summed E-state index contributed by atoms with van der Waals surface area (Å²) in [7, 11) is 1.65. The molecule has 0 saturated heterocycles. The van der Waals surface area contributed by atoms with Gasteiger partial charge in [-0.25, -0.2) is 0 Å². The zero-order valence-corrected chi connectivity index (χ0v) is 17.0. The number of benzene rings is 3. The molecule has 30 heavy (non-hydrogen) atoms. The van der Waals surface area contributed by atoms with Crippen molar-refractivity contribution in [1.82, 2.24) is 14.9 Å². The molecule has 0 atom stereocenters. The van der Waals surface area contributed by atoms with E-state index in [-0.39, 0.29) is 0 Å². The molecule has 0 spiro atoms. The van der Waals surface area contributed by atoms with Crippen LogP contribution < -0.4 is 9.47 Å². The minimum absolute atomic E-state index is 0.663. The molecule has 0 radical (unpaired) electrons. The molecule has 3 aromatic carbocycles. The standard InChI is InChI=1S/C23H18N4O2S/c1-28-21-10-6-5-9-19(21)22-24-25-23-27(22)26-20(15-30-23)16-11-13-18(14-12-16)29-17-7-3-2-4-8-17/h2-14H,15H2,1H3. The second-order valence-corrected chi connectivity index (χ2v) is 7.54. The molecule has 1 aliphatic heterocycles. The maximum Gasteiger partial charge on any atom is 0.212 e. The summed E-state index contributed by atoms with van der Waals surface area (Å²) in [6.45, 7) is 0. The lowest BCUT2D eigenvalue weighted by molar-refractivity contribution is 0.416. The molecule has 1 aromatic heterocycles. The molecule has 0 amide bonds. The van der Waals surface area contributed by atoms with E-state index in [1.54, 1.807) is 23.5 Å². The number of aromatic nitrogens is 3. The Bertz CT molecular complexity index is 1200. The fourth-order valence-electron chi connectivity index (χ4n) is 3.21. The van der Waals surface area contributed by atoms with Crippen LogP contribution in [0.2, 0.25) is 0 Å². The molecule has 148 valence electrons. The molecule has 0 unspecified atom stereocenters. The highest BCUT2D eigenvalue weighted by Crippen LogP contribution is 2.33. The van der Waals surface area contributed by atoms with E-state index in [9.17, 15) is 0 Å². The molecule has 0 bridgehead atoms. The Labute approximate surface area is 178 Å². The van der Waals surface area contributed by atoms with Crippen LogP contribution in [0.1, 0.15) is 5.56 Å². The van der Waals surface area contributed by atoms with E-state index in [0.717, 1.165) is 45.0 Å². The molecule has 4 aromatic rings. The third kappa shape index (κ3) is 3.55. The van der Waals surface area contributed by atoms with E-state index in [1.807, 2.05) is 78.9 Å². The summed E-state index contributed by atoms with van der Waals surface area (Å²) in [5.74, 6) is 3.72. The van der Waals surface area contributed by atoms with Gasteiger partial charge in [-0.15, -0.1) is 10.2 Å². The van der Waals surface area contributed by atoms with Crippen LogP contribution in [-0.4, -0.2) is 33.4 Å². The molecule has 7 heteroatoms. The van der Waals surface area contributed by atoms with Gasteiger partial charge in [0.1, 0.15) is 17.2 Å². The Morgan fingerprint density at radius 2 is 1.57 bits per heavy atom. The van der Waals surface area contributed by atoms with E-state index in [2.05, 4.69) is 10.2 Å². The number of nitrogens with zero attached hydrogens (tertiary/aromatic N) is 4. The van der Waals surface area contributed by atoms with E-state index in [0.29, 0.717) is 5.82 Å². The summed E-state index contributed by atoms with van der Waals surface area (Å²) >= 11 is 1.61. The quantitative estimate of drug-likeness (QED) is 0.454. The monoisotopic (exact) mass is 414 g/mol. The lowest BCUT2D eigenvalue weighted by atomic mass is 10.1. The Morgan fingerprint density at radius 1 is 0.833 bits per heavy atom. The predicted molar refractivity (Wildman–Crippen MR) is 118 cm³/mol. The van der Waals surface area contributed by atoms with Crippen molar-refractivity contribution in [1.29, 1.82) is 0 Å².